The molecule has 0 aliphatic rings. The Kier molecular flexibility index (Phi) is 1.43. The van der Waals surface area contributed by atoms with E-state index in [-0.39, 0.29) is 5.75 Å². The Bertz CT molecular complexity index is 426. The average Bonchev–Trinajstić information content (AvgIpc) is 2.07. The second-order valence-electron chi connectivity index (χ2n) is 2.67. The molecule has 3 nitrogen and oxygen atoms in total. The number of aromatic hydroxyl groups is 1. The fraction of sp³-hybridized carbons (Fsp3) is 0.111. The Hall–Kier alpha value is -1.64. The first-order chi connectivity index (χ1) is 5.77. The first-order valence-electron chi connectivity index (χ1n) is 3.68. The monoisotopic (exact) mass is 160 g/mol. The van der Waals surface area contributed by atoms with Gasteiger partial charge in [-0.15, -0.1) is 0 Å². The molecule has 12 heavy (non-hydrogen) atoms. The molecule has 0 bridgehead atoms. The van der Waals surface area contributed by atoms with E-state index in [4.69, 9.17) is 0 Å². The molecule has 0 unspecified atom stereocenters. The van der Waals surface area contributed by atoms with Crippen LogP contribution in [0.15, 0.2) is 24.5 Å². The Balaban J connectivity index is 2.88. The second-order valence-corrected chi connectivity index (χ2v) is 2.67. The minimum atomic E-state index is 0.255. The largest absolute Gasteiger partial charge is 0.507 e. The van der Waals surface area contributed by atoms with Gasteiger partial charge in [-0.25, -0.2) is 0 Å². The normalized spacial score (nSPS) is 10.4. The highest BCUT2D eigenvalue weighted by Crippen LogP contribution is 2.21. The van der Waals surface area contributed by atoms with E-state index >= 15 is 0 Å². The summed E-state index contributed by atoms with van der Waals surface area (Å²) in [6.45, 7) is 1.88. The number of hydrogen-bond donors (Lipinski definition) is 1. The average molecular weight is 160 g/mol. The lowest BCUT2D eigenvalue weighted by Crippen LogP contribution is -1.83. The van der Waals surface area contributed by atoms with Crippen LogP contribution in [-0.4, -0.2) is 15.1 Å². The Labute approximate surface area is 69.7 Å². The van der Waals surface area contributed by atoms with Gasteiger partial charge in [0.2, 0.25) is 0 Å². The summed E-state index contributed by atoms with van der Waals surface area (Å²) in [5.41, 5.74) is 1.60. The van der Waals surface area contributed by atoms with Gasteiger partial charge in [-0.3, -0.25) is 9.97 Å². The van der Waals surface area contributed by atoms with Gasteiger partial charge < -0.3 is 5.11 Å². The summed E-state index contributed by atoms with van der Waals surface area (Å²) >= 11 is 0. The maximum Gasteiger partial charge on any atom is 0.126 e. The van der Waals surface area contributed by atoms with Crippen molar-refractivity contribution in [3.63, 3.8) is 0 Å². The van der Waals surface area contributed by atoms with Gasteiger partial charge >= 0.3 is 0 Å². The number of fused-ring (bicyclic) bond motifs is 1. The van der Waals surface area contributed by atoms with Crippen molar-refractivity contribution in [2.75, 3.05) is 0 Å². The maximum atomic E-state index is 9.43. The van der Waals surface area contributed by atoms with Crippen LogP contribution in [0.2, 0.25) is 0 Å². The molecule has 0 saturated heterocycles. The van der Waals surface area contributed by atoms with E-state index in [0.29, 0.717) is 0 Å². The fourth-order valence-corrected chi connectivity index (χ4v) is 1.14. The third kappa shape index (κ3) is 0.993. The molecule has 0 aliphatic heterocycles. The topological polar surface area (TPSA) is 46.0 Å². The third-order valence-corrected chi connectivity index (χ3v) is 1.74. The second kappa shape index (κ2) is 2.44. The van der Waals surface area contributed by atoms with Crippen molar-refractivity contribution in [1.82, 2.24) is 9.97 Å². The summed E-state index contributed by atoms with van der Waals surface area (Å²) in [5, 5.41) is 10.2. The van der Waals surface area contributed by atoms with Crippen LogP contribution >= 0.6 is 0 Å². The molecule has 0 radical (unpaired) electrons. The van der Waals surface area contributed by atoms with E-state index in [0.717, 1.165) is 16.6 Å². The van der Waals surface area contributed by atoms with E-state index in [1.165, 1.54) is 0 Å². The van der Waals surface area contributed by atoms with Gasteiger partial charge in [0.25, 0.3) is 0 Å². The first kappa shape index (κ1) is 7.03. The van der Waals surface area contributed by atoms with Gasteiger partial charge in [-0.2, -0.15) is 0 Å². The molecule has 2 aromatic rings. The molecule has 2 heterocycles. The summed E-state index contributed by atoms with van der Waals surface area (Å²) in [4.78, 5) is 8.14. The molecule has 1 N–H and O–H groups in total. The van der Waals surface area contributed by atoms with Crippen molar-refractivity contribution in [2.24, 2.45) is 0 Å². The van der Waals surface area contributed by atoms with E-state index < -0.39 is 0 Å². The van der Waals surface area contributed by atoms with E-state index in [1.807, 2.05) is 13.0 Å². The van der Waals surface area contributed by atoms with Gasteiger partial charge in [0.1, 0.15) is 5.75 Å². The molecule has 0 atom stereocenters. The number of rotatable bonds is 0. The summed E-state index contributed by atoms with van der Waals surface area (Å²) < 4.78 is 0. The molecular weight excluding hydrogens is 152 g/mol. The minimum Gasteiger partial charge on any atom is -0.507 e. The lowest BCUT2D eigenvalue weighted by atomic mass is 10.2. The molecule has 2 rings (SSSR count). The molecular formula is C9H8N2O. The zero-order chi connectivity index (χ0) is 8.55. The zero-order valence-corrected chi connectivity index (χ0v) is 6.65. The molecule has 0 spiro atoms. The van der Waals surface area contributed by atoms with Gasteiger partial charge in [0.05, 0.1) is 11.7 Å². The number of aryl methyl sites for hydroxylation is 1. The van der Waals surface area contributed by atoms with Crippen LogP contribution in [0, 0.1) is 6.92 Å². The highest BCUT2D eigenvalue weighted by atomic mass is 16.3. The molecule has 0 fully saturated rings. The van der Waals surface area contributed by atoms with Crippen LogP contribution in [0.5, 0.6) is 5.75 Å². The lowest BCUT2D eigenvalue weighted by Gasteiger charge is -1.99. The molecule has 0 aromatic carbocycles. The van der Waals surface area contributed by atoms with Crippen molar-refractivity contribution in [3.05, 3.63) is 30.2 Å². The van der Waals surface area contributed by atoms with Crippen molar-refractivity contribution in [2.45, 2.75) is 6.92 Å². The van der Waals surface area contributed by atoms with Crippen molar-refractivity contribution >= 4 is 10.9 Å². The molecule has 3 heteroatoms. The van der Waals surface area contributed by atoms with Gasteiger partial charge in [-0.05, 0) is 19.1 Å². The van der Waals surface area contributed by atoms with Crippen molar-refractivity contribution in [1.29, 1.82) is 0 Å². The number of pyridine rings is 2. The molecule has 2 aromatic heterocycles. The molecule has 0 saturated carbocycles. The Morgan fingerprint density at radius 3 is 3.00 bits per heavy atom. The van der Waals surface area contributed by atoms with Gasteiger partial charge in [0, 0.05) is 17.3 Å². The number of aromatic nitrogens is 2. The molecule has 0 amide bonds. The molecule has 0 aliphatic carbocycles. The van der Waals surface area contributed by atoms with Gasteiger partial charge in [-0.1, -0.05) is 0 Å². The maximum absolute atomic E-state index is 9.43. The minimum absolute atomic E-state index is 0.255. The van der Waals surface area contributed by atoms with E-state index in [2.05, 4.69) is 9.97 Å². The van der Waals surface area contributed by atoms with Crippen LogP contribution in [-0.2, 0) is 0 Å². The van der Waals surface area contributed by atoms with Crippen molar-refractivity contribution in [3.8, 4) is 5.75 Å². The summed E-state index contributed by atoms with van der Waals surface area (Å²) in [6.07, 6.45) is 3.22. The van der Waals surface area contributed by atoms with Crippen LogP contribution < -0.4 is 0 Å². The highest BCUT2D eigenvalue weighted by molar-refractivity contribution is 5.83. The quantitative estimate of drug-likeness (QED) is 0.637. The van der Waals surface area contributed by atoms with Crippen LogP contribution in [0.4, 0.5) is 0 Å². The lowest BCUT2D eigenvalue weighted by molar-refractivity contribution is 0.481. The van der Waals surface area contributed by atoms with Crippen LogP contribution in [0.25, 0.3) is 10.9 Å². The molecule has 60 valence electrons. The predicted octanol–water partition coefficient (Wildman–Crippen LogP) is 1.64. The van der Waals surface area contributed by atoms with Crippen molar-refractivity contribution < 1.29 is 5.11 Å². The van der Waals surface area contributed by atoms with Crippen LogP contribution in [0.3, 0.4) is 0 Å². The Morgan fingerprint density at radius 2 is 2.17 bits per heavy atom. The van der Waals surface area contributed by atoms with E-state index in [9.17, 15) is 5.11 Å². The first-order valence-corrected chi connectivity index (χ1v) is 3.68. The third-order valence-electron chi connectivity index (χ3n) is 1.74. The van der Waals surface area contributed by atoms with Gasteiger partial charge in [0.15, 0.2) is 0 Å². The number of nitrogens with zero attached hydrogens (tertiary/aromatic N) is 2. The predicted molar refractivity (Wildman–Crippen MR) is 45.9 cm³/mol. The highest BCUT2D eigenvalue weighted by Gasteiger charge is 1.99. The number of hydrogen-bond acceptors (Lipinski definition) is 3. The fourth-order valence-electron chi connectivity index (χ4n) is 1.14. The summed E-state index contributed by atoms with van der Waals surface area (Å²) in [6, 6.07) is 3.39. The Morgan fingerprint density at radius 1 is 1.33 bits per heavy atom. The van der Waals surface area contributed by atoms with Crippen LogP contribution in [0.1, 0.15) is 5.69 Å². The summed E-state index contributed by atoms with van der Waals surface area (Å²) in [5.74, 6) is 0.255. The zero-order valence-electron chi connectivity index (χ0n) is 6.65. The SMILES string of the molecule is Cc1cc2c(O)ccnc2cn1. The standard InChI is InChI=1S/C9H8N2O/c1-6-4-7-8(5-11-6)10-3-2-9(7)12/h2-5H,1H3,(H,10,12). The summed E-state index contributed by atoms with van der Waals surface area (Å²) in [7, 11) is 0. The van der Waals surface area contributed by atoms with E-state index in [1.54, 1.807) is 18.5 Å². The smallest absolute Gasteiger partial charge is 0.126 e.